The Morgan fingerprint density at radius 3 is 2.25 bits per heavy atom. The smallest absolute Gasteiger partial charge is 0.220 e. The molecule has 3 heteroatoms. The van der Waals surface area contributed by atoms with E-state index in [1.54, 1.807) is 7.11 Å². The highest BCUT2D eigenvalue weighted by molar-refractivity contribution is 5.40. The van der Waals surface area contributed by atoms with Crippen LogP contribution in [0.3, 0.4) is 0 Å². The zero-order valence-electron chi connectivity index (χ0n) is 10.8. The lowest BCUT2D eigenvalue weighted by atomic mass is 9.85. The molecule has 0 saturated heterocycles. The number of rotatable bonds is 2. The molecule has 0 atom stereocenters. The van der Waals surface area contributed by atoms with E-state index in [0.29, 0.717) is 5.92 Å². The Balaban J connectivity index is 2.60. The zero-order valence-corrected chi connectivity index (χ0v) is 10.8. The molecule has 1 heterocycles. The van der Waals surface area contributed by atoms with Crippen LogP contribution in [0.25, 0.3) is 0 Å². The summed E-state index contributed by atoms with van der Waals surface area (Å²) >= 11 is 0. The molecule has 1 fully saturated rings. The number of hydrogen-bond donors (Lipinski definition) is 0. The number of aromatic nitrogens is 2. The second kappa shape index (κ2) is 3.72. The first-order valence-electron chi connectivity index (χ1n) is 5.86. The highest BCUT2D eigenvalue weighted by Crippen LogP contribution is 2.45. The van der Waals surface area contributed by atoms with Crippen LogP contribution in [0.1, 0.15) is 56.6 Å². The maximum Gasteiger partial charge on any atom is 0.220 e. The first-order chi connectivity index (χ1) is 7.43. The average molecular weight is 220 g/mol. The molecular formula is C13H20N2O. The fraction of sp³-hybridized carbons (Fsp3) is 0.692. The Morgan fingerprint density at radius 2 is 1.81 bits per heavy atom. The third-order valence-corrected chi connectivity index (χ3v) is 2.92. The van der Waals surface area contributed by atoms with Crippen LogP contribution in [0, 0.1) is 6.92 Å². The van der Waals surface area contributed by atoms with Gasteiger partial charge in [-0.25, -0.2) is 4.98 Å². The van der Waals surface area contributed by atoms with E-state index in [9.17, 15) is 0 Å². The van der Waals surface area contributed by atoms with Crippen molar-refractivity contribution in [2.75, 3.05) is 7.11 Å². The maximum atomic E-state index is 5.42. The summed E-state index contributed by atoms with van der Waals surface area (Å²) in [7, 11) is 1.69. The molecule has 1 aliphatic rings. The first kappa shape index (κ1) is 11.4. The molecule has 1 aromatic rings. The van der Waals surface area contributed by atoms with E-state index < -0.39 is 0 Å². The van der Waals surface area contributed by atoms with Gasteiger partial charge in [0.05, 0.1) is 12.8 Å². The van der Waals surface area contributed by atoms with Crippen LogP contribution in [0.5, 0.6) is 5.88 Å². The molecule has 0 bridgehead atoms. The molecule has 1 aliphatic carbocycles. The van der Waals surface area contributed by atoms with Crippen molar-refractivity contribution in [1.82, 2.24) is 9.97 Å². The summed E-state index contributed by atoms with van der Waals surface area (Å²) in [6.45, 7) is 8.50. The number of ether oxygens (including phenoxy) is 1. The van der Waals surface area contributed by atoms with E-state index in [0.717, 1.165) is 11.7 Å². The minimum Gasteiger partial charge on any atom is -0.481 e. The zero-order chi connectivity index (χ0) is 11.9. The third kappa shape index (κ3) is 2.04. The fourth-order valence-electron chi connectivity index (χ4n) is 2.07. The summed E-state index contributed by atoms with van der Waals surface area (Å²) in [6.07, 6.45) is 2.51. The standard InChI is InChI=1S/C13H20N2O/c1-8-14-11(9-6-7-9)10(13(2,3)4)12(15-8)16-5/h9H,6-7H2,1-5H3. The van der Waals surface area contributed by atoms with Gasteiger partial charge in [-0.05, 0) is 25.2 Å². The molecular weight excluding hydrogens is 200 g/mol. The van der Waals surface area contributed by atoms with Crippen molar-refractivity contribution in [2.45, 2.75) is 51.9 Å². The summed E-state index contributed by atoms with van der Waals surface area (Å²) in [6, 6.07) is 0. The predicted octanol–water partition coefficient (Wildman–Crippen LogP) is 2.97. The van der Waals surface area contributed by atoms with Crippen molar-refractivity contribution in [2.24, 2.45) is 0 Å². The highest BCUT2D eigenvalue weighted by Gasteiger charge is 2.34. The second-order valence-electron chi connectivity index (χ2n) is 5.56. The lowest BCUT2D eigenvalue weighted by Gasteiger charge is -2.24. The molecule has 2 rings (SSSR count). The molecule has 0 unspecified atom stereocenters. The Bertz CT molecular complexity index is 403. The summed E-state index contributed by atoms with van der Waals surface area (Å²) in [5.41, 5.74) is 2.43. The molecule has 1 aromatic heterocycles. The molecule has 0 aromatic carbocycles. The molecule has 0 radical (unpaired) electrons. The normalized spacial score (nSPS) is 16.3. The topological polar surface area (TPSA) is 35.0 Å². The number of nitrogens with zero attached hydrogens (tertiary/aromatic N) is 2. The van der Waals surface area contributed by atoms with E-state index in [2.05, 4.69) is 30.7 Å². The van der Waals surface area contributed by atoms with Crippen LogP contribution in [0.2, 0.25) is 0 Å². The molecule has 0 spiro atoms. The Hall–Kier alpha value is -1.12. The quantitative estimate of drug-likeness (QED) is 0.768. The van der Waals surface area contributed by atoms with Gasteiger partial charge in [-0.2, -0.15) is 4.98 Å². The predicted molar refractivity (Wildman–Crippen MR) is 64.0 cm³/mol. The summed E-state index contributed by atoms with van der Waals surface area (Å²) in [5, 5.41) is 0. The van der Waals surface area contributed by atoms with Crippen LogP contribution in [0.4, 0.5) is 0 Å². The van der Waals surface area contributed by atoms with Gasteiger partial charge >= 0.3 is 0 Å². The summed E-state index contributed by atoms with van der Waals surface area (Å²) < 4.78 is 5.42. The average Bonchev–Trinajstić information content (AvgIpc) is 2.97. The number of hydrogen-bond acceptors (Lipinski definition) is 3. The van der Waals surface area contributed by atoms with E-state index >= 15 is 0 Å². The minimum atomic E-state index is 0.0387. The van der Waals surface area contributed by atoms with Gasteiger partial charge in [0.15, 0.2) is 0 Å². The van der Waals surface area contributed by atoms with Gasteiger partial charge in [-0.3, -0.25) is 0 Å². The first-order valence-corrected chi connectivity index (χ1v) is 5.86. The summed E-state index contributed by atoms with van der Waals surface area (Å²) in [4.78, 5) is 9.01. The highest BCUT2D eigenvalue weighted by atomic mass is 16.5. The van der Waals surface area contributed by atoms with Crippen molar-refractivity contribution in [1.29, 1.82) is 0 Å². The van der Waals surface area contributed by atoms with E-state index in [1.165, 1.54) is 24.1 Å². The number of methoxy groups -OCH3 is 1. The minimum absolute atomic E-state index is 0.0387. The van der Waals surface area contributed by atoms with Gasteiger partial charge < -0.3 is 4.74 Å². The Kier molecular flexibility index (Phi) is 2.64. The van der Waals surface area contributed by atoms with Crippen LogP contribution >= 0.6 is 0 Å². The SMILES string of the molecule is COc1nc(C)nc(C2CC2)c1C(C)(C)C. The van der Waals surface area contributed by atoms with Gasteiger partial charge in [0, 0.05) is 11.5 Å². The number of aryl methyl sites for hydroxylation is 1. The fourth-order valence-corrected chi connectivity index (χ4v) is 2.07. The monoisotopic (exact) mass is 220 g/mol. The Morgan fingerprint density at radius 1 is 1.19 bits per heavy atom. The van der Waals surface area contributed by atoms with E-state index in [-0.39, 0.29) is 5.41 Å². The molecule has 0 N–H and O–H groups in total. The van der Waals surface area contributed by atoms with Crippen LogP contribution < -0.4 is 4.74 Å². The van der Waals surface area contributed by atoms with Gasteiger partial charge in [0.1, 0.15) is 5.82 Å². The molecule has 16 heavy (non-hydrogen) atoms. The molecule has 0 amide bonds. The second-order valence-corrected chi connectivity index (χ2v) is 5.56. The van der Waals surface area contributed by atoms with Crippen molar-refractivity contribution < 1.29 is 4.74 Å². The van der Waals surface area contributed by atoms with Crippen molar-refractivity contribution >= 4 is 0 Å². The van der Waals surface area contributed by atoms with E-state index in [1.807, 2.05) is 6.92 Å². The van der Waals surface area contributed by atoms with Crippen LogP contribution in [0.15, 0.2) is 0 Å². The molecule has 0 aliphatic heterocycles. The van der Waals surface area contributed by atoms with Gasteiger partial charge in [-0.15, -0.1) is 0 Å². The Labute approximate surface area is 97.3 Å². The molecule has 1 saturated carbocycles. The summed E-state index contributed by atoms with van der Waals surface area (Å²) in [5.74, 6) is 2.19. The van der Waals surface area contributed by atoms with Gasteiger partial charge in [-0.1, -0.05) is 20.8 Å². The van der Waals surface area contributed by atoms with Crippen molar-refractivity contribution in [3.63, 3.8) is 0 Å². The third-order valence-electron chi connectivity index (χ3n) is 2.92. The van der Waals surface area contributed by atoms with Gasteiger partial charge in [0.2, 0.25) is 5.88 Å². The van der Waals surface area contributed by atoms with Gasteiger partial charge in [0.25, 0.3) is 0 Å². The maximum absolute atomic E-state index is 5.42. The van der Waals surface area contributed by atoms with E-state index in [4.69, 9.17) is 4.74 Å². The molecule has 3 nitrogen and oxygen atoms in total. The lowest BCUT2D eigenvalue weighted by molar-refractivity contribution is 0.375. The van der Waals surface area contributed by atoms with Crippen LogP contribution in [-0.2, 0) is 5.41 Å². The molecule has 88 valence electrons. The lowest BCUT2D eigenvalue weighted by Crippen LogP contribution is -2.18. The van der Waals surface area contributed by atoms with Crippen molar-refractivity contribution in [3.05, 3.63) is 17.1 Å². The van der Waals surface area contributed by atoms with Crippen LogP contribution in [-0.4, -0.2) is 17.1 Å². The largest absolute Gasteiger partial charge is 0.481 e. The van der Waals surface area contributed by atoms with Crippen molar-refractivity contribution in [3.8, 4) is 5.88 Å².